The number of hydrogen-bond donors (Lipinski definition) is 2. The molecule has 1 saturated carbocycles. The lowest BCUT2D eigenvalue weighted by molar-refractivity contribution is -0.144. The molecule has 1 aliphatic heterocycles. The highest BCUT2D eigenvalue weighted by Crippen LogP contribution is 2.33. The lowest BCUT2D eigenvalue weighted by atomic mass is 9.79. The Bertz CT molecular complexity index is 503. The third kappa shape index (κ3) is 3.21. The number of rotatable bonds is 5. The Morgan fingerprint density at radius 1 is 1.24 bits per heavy atom. The van der Waals surface area contributed by atoms with E-state index in [0.717, 1.165) is 51.1 Å². The van der Waals surface area contributed by atoms with Crippen LogP contribution in [0.1, 0.15) is 37.2 Å². The summed E-state index contributed by atoms with van der Waals surface area (Å²) in [6.07, 6.45) is 4.07. The standard InChI is InChI=1S/C17H23NO3/c19-17(20)15-7-2-1-5-12(15)9-18-10-13-11-21-16-8-4-3-6-14(13)16/h3-4,6,8,12-13,15,18H,1-2,5,7,9-11H2,(H,19,20). The summed E-state index contributed by atoms with van der Waals surface area (Å²) in [5, 5.41) is 12.8. The molecule has 0 bridgehead atoms. The van der Waals surface area contributed by atoms with Gasteiger partial charge in [0.15, 0.2) is 0 Å². The van der Waals surface area contributed by atoms with Crippen LogP contribution in [0.2, 0.25) is 0 Å². The number of hydrogen-bond acceptors (Lipinski definition) is 3. The summed E-state index contributed by atoms with van der Waals surface area (Å²) in [6.45, 7) is 2.38. The molecule has 0 amide bonds. The molecule has 2 N–H and O–H groups in total. The van der Waals surface area contributed by atoms with Crippen molar-refractivity contribution in [2.45, 2.75) is 31.6 Å². The SMILES string of the molecule is O=C(O)C1CCCCC1CNCC1COc2ccccc21. The second-order valence-corrected chi connectivity index (χ2v) is 6.19. The van der Waals surface area contributed by atoms with Gasteiger partial charge in [0, 0.05) is 18.0 Å². The first-order chi connectivity index (χ1) is 10.3. The summed E-state index contributed by atoms with van der Waals surface area (Å²) in [4.78, 5) is 11.3. The molecule has 0 saturated heterocycles. The van der Waals surface area contributed by atoms with Crippen LogP contribution in [0, 0.1) is 11.8 Å². The van der Waals surface area contributed by atoms with Crippen molar-refractivity contribution in [2.75, 3.05) is 19.7 Å². The fourth-order valence-corrected chi connectivity index (χ4v) is 3.62. The lowest BCUT2D eigenvalue weighted by Gasteiger charge is -2.29. The molecule has 1 aliphatic carbocycles. The monoisotopic (exact) mass is 289 g/mol. The van der Waals surface area contributed by atoms with E-state index in [1.54, 1.807) is 0 Å². The van der Waals surface area contributed by atoms with Crippen LogP contribution in [-0.2, 0) is 4.79 Å². The van der Waals surface area contributed by atoms with E-state index in [1.807, 2.05) is 18.2 Å². The van der Waals surface area contributed by atoms with Crippen molar-refractivity contribution in [3.8, 4) is 5.75 Å². The van der Waals surface area contributed by atoms with Gasteiger partial charge in [0.2, 0.25) is 0 Å². The van der Waals surface area contributed by atoms with Crippen molar-refractivity contribution in [3.63, 3.8) is 0 Å². The van der Waals surface area contributed by atoms with E-state index in [-0.39, 0.29) is 11.8 Å². The third-order valence-corrected chi connectivity index (χ3v) is 4.82. The Labute approximate surface area is 125 Å². The van der Waals surface area contributed by atoms with Crippen LogP contribution in [0.5, 0.6) is 5.75 Å². The predicted molar refractivity (Wildman–Crippen MR) is 80.6 cm³/mol. The zero-order valence-electron chi connectivity index (χ0n) is 12.3. The Balaban J connectivity index is 1.51. The third-order valence-electron chi connectivity index (χ3n) is 4.82. The van der Waals surface area contributed by atoms with Crippen LogP contribution in [0.3, 0.4) is 0 Å². The van der Waals surface area contributed by atoms with Crippen molar-refractivity contribution < 1.29 is 14.6 Å². The number of carboxylic acid groups (broad SMARTS) is 1. The maximum absolute atomic E-state index is 11.3. The van der Waals surface area contributed by atoms with Gasteiger partial charge in [0.05, 0.1) is 12.5 Å². The van der Waals surface area contributed by atoms with E-state index < -0.39 is 5.97 Å². The molecule has 1 fully saturated rings. The molecule has 0 radical (unpaired) electrons. The van der Waals surface area contributed by atoms with Gasteiger partial charge in [-0.25, -0.2) is 0 Å². The molecule has 1 heterocycles. The average Bonchev–Trinajstić information content (AvgIpc) is 2.91. The first kappa shape index (κ1) is 14.4. The van der Waals surface area contributed by atoms with E-state index in [9.17, 15) is 9.90 Å². The average molecular weight is 289 g/mol. The summed E-state index contributed by atoms with van der Waals surface area (Å²) < 4.78 is 5.68. The molecular weight excluding hydrogens is 266 g/mol. The fraction of sp³-hybridized carbons (Fsp3) is 0.588. The minimum atomic E-state index is -0.629. The van der Waals surface area contributed by atoms with Crippen molar-refractivity contribution in [1.82, 2.24) is 5.32 Å². The number of carbonyl (C=O) groups is 1. The molecule has 4 nitrogen and oxygen atoms in total. The van der Waals surface area contributed by atoms with Gasteiger partial charge in [0.25, 0.3) is 0 Å². The van der Waals surface area contributed by atoms with Gasteiger partial charge in [-0.05, 0) is 31.4 Å². The van der Waals surface area contributed by atoms with Gasteiger partial charge in [-0.15, -0.1) is 0 Å². The van der Waals surface area contributed by atoms with Gasteiger partial charge in [-0.3, -0.25) is 4.79 Å². The zero-order chi connectivity index (χ0) is 14.7. The molecule has 0 spiro atoms. The Morgan fingerprint density at radius 3 is 2.90 bits per heavy atom. The van der Waals surface area contributed by atoms with Gasteiger partial charge in [-0.2, -0.15) is 0 Å². The number of fused-ring (bicyclic) bond motifs is 1. The number of benzene rings is 1. The number of ether oxygens (including phenoxy) is 1. The molecule has 3 unspecified atom stereocenters. The maximum atomic E-state index is 11.3. The molecule has 3 atom stereocenters. The summed E-state index contributed by atoms with van der Waals surface area (Å²) >= 11 is 0. The van der Waals surface area contributed by atoms with Crippen molar-refractivity contribution in [3.05, 3.63) is 29.8 Å². The summed E-state index contributed by atoms with van der Waals surface area (Å²) in [6, 6.07) is 8.17. The largest absolute Gasteiger partial charge is 0.493 e. The zero-order valence-corrected chi connectivity index (χ0v) is 12.3. The van der Waals surface area contributed by atoms with Gasteiger partial charge >= 0.3 is 5.97 Å². The van der Waals surface area contributed by atoms with Crippen LogP contribution in [0.15, 0.2) is 24.3 Å². The number of carboxylic acids is 1. The quantitative estimate of drug-likeness (QED) is 0.875. The molecule has 1 aromatic carbocycles. The molecule has 114 valence electrons. The Morgan fingerprint density at radius 2 is 2.05 bits per heavy atom. The summed E-state index contributed by atoms with van der Waals surface area (Å²) in [5.74, 6) is 0.849. The summed E-state index contributed by atoms with van der Waals surface area (Å²) in [7, 11) is 0. The number of aliphatic carboxylic acids is 1. The minimum absolute atomic E-state index is 0.168. The van der Waals surface area contributed by atoms with E-state index in [0.29, 0.717) is 5.92 Å². The topological polar surface area (TPSA) is 58.6 Å². The maximum Gasteiger partial charge on any atom is 0.306 e. The fourth-order valence-electron chi connectivity index (χ4n) is 3.62. The van der Waals surface area contributed by atoms with Crippen LogP contribution in [-0.4, -0.2) is 30.8 Å². The smallest absolute Gasteiger partial charge is 0.306 e. The Kier molecular flexibility index (Phi) is 4.44. The second kappa shape index (κ2) is 6.48. The van der Waals surface area contributed by atoms with E-state index in [4.69, 9.17) is 4.74 Å². The predicted octanol–water partition coefficient (Wildman–Crippen LogP) is 2.64. The van der Waals surface area contributed by atoms with E-state index in [1.165, 1.54) is 5.56 Å². The van der Waals surface area contributed by atoms with Crippen molar-refractivity contribution in [2.24, 2.45) is 11.8 Å². The molecule has 0 aromatic heterocycles. The number of nitrogens with one attached hydrogen (secondary N) is 1. The molecule has 1 aromatic rings. The summed E-state index contributed by atoms with van der Waals surface area (Å²) in [5.41, 5.74) is 1.27. The van der Waals surface area contributed by atoms with Crippen molar-refractivity contribution in [1.29, 1.82) is 0 Å². The highest BCUT2D eigenvalue weighted by molar-refractivity contribution is 5.70. The lowest BCUT2D eigenvalue weighted by Crippen LogP contribution is -2.36. The Hall–Kier alpha value is -1.55. The van der Waals surface area contributed by atoms with E-state index in [2.05, 4.69) is 11.4 Å². The van der Waals surface area contributed by atoms with Crippen LogP contribution in [0.25, 0.3) is 0 Å². The van der Waals surface area contributed by atoms with Gasteiger partial charge in [0.1, 0.15) is 5.75 Å². The van der Waals surface area contributed by atoms with E-state index >= 15 is 0 Å². The van der Waals surface area contributed by atoms with Crippen LogP contribution in [0.4, 0.5) is 0 Å². The van der Waals surface area contributed by atoms with Crippen molar-refractivity contribution >= 4 is 5.97 Å². The molecule has 4 heteroatoms. The first-order valence-electron chi connectivity index (χ1n) is 7.91. The highest BCUT2D eigenvalue weighted by atomic mass is 16.5. The molecule has 21 heavy (non-hydrogen) atoms. The molecule has 3 rings (SSSR count). The first-order valence-corrected chi connectivity index (χ1v) is 7.91. The van der Waals surface area contributed by atoms with Crippen LogP contribution >= 0.6 is 0 Å². The number of para-hydroxylation sites is 1. The normalized spacial score (nSPS) is 27.9. The highest BCUT2D eigenvalue weighted by Gasteiger charge is 2.31. The van der Waals surface area contributed by atoms with Crippen LogP contribution < -0.4 is 10.1 Å². The molecular formula is C17H23NO3. The minimum Gasteiger partial charge on any atom is -0.493 e. The second-order valence-electron chi connectivity index (χ2n) is 6.19. The molecule has 2 aliphatic rings. The van der Waals surface area contributed by atoms with Gasteiger partial charge < -0.3 is 15.2 Å². The van der Waals surface area contributed by atoms with Gasteiger partial charge in [-0.1, -0.05) is 31.0 Å².